The van der Waals surface area contributed by atoms with Crippen LogP contribution in [0.3, 0.4) is 0 Å². The number of anilines is 1. The van der Waals surface area contributed by atoms with Gasteiger partial charge in [-0.15, -0.1) is 0 Å². The van der Waals surface area contributed by atoms with Crippen molar-refractivity contribution >= 4 is 45.1 Å². The number of aryl methyl sites for hydroxylation is 1. The van der Waals surface area contributed by atoms with Crippen molar-refractivity contribution in [3.05, 3.63) is 69.7 Å². The summed E-state index contributed by atoms with van der Waals surface area (Å²) in [5.74, 6) is -0.0570. The molecule has 7 heteroatoms. The van der Waals surface area contributed by atoms with Gasteiger partial charge in [0.1, 0.15) is 11.3 Å². The molecule has 0 unspecified atom stereocenters. The lowest BCUT2D eigenvalue weighted by Crippen LogP contribution is -2.20. The molecule has 0 fully saturated rings. The maximum Gasteiger partial charge on any atom is 0.336 e. The van der Waals surface area contributed by atoms with Gasteiger partial charge in [-0.05, 0) is 36.8 Å². The molecule has 27 heavy (non-hydrogen) atoms. The highest BCUT2D eigenvalue weighted by Crippen LogP contribution is 2.31. The van der Waals surface area contributed by atoms with E-state index in [0.29, 0.717) is 16.3 Å². The van der Waals surface area contributed by atoms with E-state index in [1.807, 2.05) is 24.3 Å². The fraction of sp³-hybridized carbons (Fsp3) is 0.100. The molecule has 0 aliphatic rings. The average molecular weight is 383 g/mol. The molecular weight excluding hydrogens is 368 g/mol. The first-order valence-corrected chi connectivity index (χ1v) is 8.62. The summed E-state index contributed by atoms with van der Waals surface area (Å²) in [4.78, 5) is 26.9. The van der Waals surface area contributed by atoms with Crippen LogP contribution in [0, 0.1) is 6.92 Å². The van der Waals surface area contributed by atoms with Gasteiger partial charge < -0.3 is 19.5 Å². The second kappa shape index (κ2) is 6.81. The fourth-order valence-corrected chi connectivity index (χ4v) is 3.17. The Kier molecular flexibility index (Phi) is 4.33. The van der Waals surface area contributed by atoms with Crippen LogP contribution < -0.4 is 15.7 Å². The minimum atomic E-state index is -0.453. The highest BCUT2D eigenvalue weighted by atomic mass is 35.5. The smallest absolute Gasteiger partial charge is 0.336 e. The number of rotatable bonds is 4. The van der Waals surface area contributed by atoms with Crippen LogP contribution >= 0.6 is 11.6 Å². The van der Waals surface area contributed by atoms with Crippen molar-refractivity contribution in [1.29, 1.82) is 0 Å². The zero-order chi connectivity index (χ0) is 19.0. The van der Waals surface area contributed by atoms with E-state index in [9.17, 15) is 9.59 Å². The van der Waals surface area contributed by atoms with Gasteiger partial charge in [-0.2, -0.15) is 0 Å². The van der Waals surface area contributed by atoms with Crippen molar-refractivity contribution in [2.75, 3.05) is 11.9 Å². The van der Waals surface area contributed by atoms with Gasteiger partial charge >= 0.3 is 5.63 Å². The SMILES string of the molecule is Cc1cc(=O)oc2cc(OCC(=O)Nc3cccc4[nH]ccc34)c(Cl)cc12. The van der Waals surface area contributed by atoms with Crippen LogP contribution in [0.1, 0.15) is 5.56 Å². The Morgan fingerprint density at radius 2 is 2.07 bits per heavy atom. The van der Waals surface area contributed by atoms with Crippen LogP contribution in [0.5, 0.6) is 5.75 Å². The number of aromatic amines is 1. The molecule has 0 atom stereocenters. The van der Waals surface area contributed by atoms with Gasteiger partial charge in [0.25, 0.3) is 5.91 Å². The van der Waals surface area contributed by atoms with E-state index in [1.165, 1.54) is 12.1 Å². The molecule has 0 aliphatic carbocycles. The molecule has 0 spiro atoms. The Morgan fingerprint density at radius 1 is 1.22 bits per heavy atom. The third kappa shape index (κ3) is 3.39. The third-order valence-electron chi connectivity index (χ3n) is 4.23. The van der Waals surface area contributed by atoms with Crippen molar-refractivity contribution in [3.63, 3.8) is 0 Å². The number of hydrogen-bond donors (Lipinski definition) is 2. The molecule has 2 heterocycles. The number of amides is 1. The quantitative estimate of drug-likeness (QED) is 0.517. The Balaban J connectivity index is 1.53. The molecule has 0 bridgehead atoms. The normalized spacial score (nSPS) is 11.0. The van der Waals surface area contributed by atoms with E-state index in [0.717, 1.165) is 21.9 Å². The molecule has 0 saturated heterocycles. The maximum absolute atomic E-state index is 12.3. The molecule has 6 nitrogen and oxygen atoms in total. The maximum atomic E-state index is 12.3. The predicted octanol–water partition coefficient (Wildman–Crippen LogP) is 4.25. The first kappa shape index (κ1) is 17.2. The summed E-state index contributed by atoms with van der Waals surface area (Å²) >= 11 is 6.24. The lowest BCUT2D eigenvalue weighted by Gasteiger charge is -2.11. The van der Waals surface area contributed by atoms with Crippen LogP contribution in [0.25, 0.3) is 21.9 Å². The van der Waals surface area contributed by atoms with Gasteiger partial charge in [-0.3, -0.25) is 4.79 Å². The summed E-state index contributed by atoms with van der Waals surface area (Å²) < 4.78 is 10.7. The highest BCUT2D eigenvalue weighted by molar-refractivity contribution is 6.32. The topological polar surface area (TPSA) is 84.3 Å². The summed E-state index contributed by atoms with van der Waals surface area (Å²) in [7, 11) is 0. The first-order chi connectivity index (χ1) is 13.0. The molecule has 2 aromatic heterocycles. The molecule has 4 aromatic rings. The molecule has 2 aromatic carbocycles. The highest BCUT2D eigenvalue weighted by Gasteiger charge is 2.12. The predicted molar refractivity (Wildman–Crippen MR) is 105 cm³/mol. The van der Waals surface area contributed by atoms with Gasteiger partial charge in [0.2, 0.25) is 0 Å². The lowest BCUT2D eigenvalue weighted by molar-refractivity contribution is -0.118. The minimum Gasteiger partial charge on any atom is -0.482 e. The Bertz CT molecular complexity index is 1230. The van der Waals surface area contributed by atoms with Crippen LogP contribution in [0.2, 0.25) is 5.02 Å². The first-order valence-electron chi connectivity index (χ1n) is 8.24. The van der Waals surface area contributed by atoms with Crippen molar-refractivity contribution in [2.24, 2.45) is 0 Å². The number of H-pyrrole nitrogens is 1. The van der Waals surface area contributed by atoms with Gasteiger partial charge in [-0.25, -0.2) is 4.79 Å². The molecule has 1 amide bonds. The molecule has 136 valence electrons. The molecule has 4 rings (SSSR count). The van der Waals surface area contributed by atoms with E-state index in [2.05, 4.69) is 10.3 Å². The summed E-state index contributed by atoms with van der Waals surface area (Å²) in [5.41, 5.74) is 2.28. The standard InChI is InChI=1S/C20H15ClN2O4/c1-11-7-20(25)27-17-9-18(14(21)8-13(11)17)26-10-19(24)23-16-4-2-3-15-12(16)5-6-22-15/h2-9,22H,10H2,1H3,(H,23,24). The minimum absolute atomic E-state index is 0.234. The number of carbonyl (C=O) groups is 1. The Morgan fingerprint density at radius 3 is 2.93 bits per heavy atom. The van der Waals surface area contributed by atoms with Gasteiger partial charge in [-0.1, -0.05) is 17.7 Å². The van der Waals surface area contributed by atoms with E-state index in [-0.39, 0.29) is 18.3 Å². The number of nitrogens with one attached hydrogen (secondary N) is 2. The summed E-state index contributed by atoms with van der Waals surface area (Å²) in [5, 5.41) is 4.78. The number of fused-ring (bicyclic) bond motifs is 2. The largest absolute Gasteiger partial charge is 0.482 e. The zero-order valence-electron chi connectivity index (χ0n) is 14.3. The van der Waals surface area contributed by atoms with E-state index in [4.69, 9.17) is 20.8 Å². The lowest BCUT2D eigenvalue weighted by atomic mass is 10.1. The van der Waals surface area contributed by atoms with Crippen LogP contribution in [0.4, 0.5) is 5.69 Å². The van der Waals surface area contributed by atoms with Gasteiger partial charge in [0, 0.05) is 34.6 Å². The van der Waals surface area contributed by atoms with Crippen molar-refractivity contribution in [2.45, 2.75) is 6.92 Å². The summed E-state index contributed by atoms with van der Waals surface area (Å²) in [6.45, 7) is 1.56. The second-order valence-corrected chi connectivity index (χ2v) is 6.52. The molecular formula is C20H15ClN2O4. The summed E-state index contributed by atoms with van der Waals surface area (Å²) in [6.07, 6.45) is 1.81. The summed E-state index contributed by atoms with van der Waals surface area (Å²) in [6, 6.07) is 12.0. The number of benzene rings is 2. The fourth-order valence-electron chi connectivity index (χ4n) is 2.95. The number of ether oxygens (including phenoxy) is 1. The van der Waals surface area contributed by atoms with Crippen LogP contribution in [-0.2, 0) is 4.79 Å². The van der Waals surface area contributed by atoms with Crippen LogP contribution in [0.15, 0.2) is 57.9 Å². The van der Waals surface area contributed by atoms with Crippen molar-refractivity contribution in [1.82, 2.24) is 4.98 Å². The van der Waals surface area contributed by atoms with Crippen LogP contribution in [-0.4, -0.2) is 17.5 Å². The molecule has 2 N–H and O–H groups in total. The molecule has 0 radical (unpaired) electrons. The van der Waals surface area contributed by atoms with Gasteiger partial charge in [0.15, 0.2) is 6.61 Å². The Hall–Kier alpha value is -3.25. The number of aromatic nitrogens is 1. The Labute approximate surface area is 158 Å². The average Bonchev–Trinajstić information content (AvgIpc) is 3.10. The number of halogens is 1. The van der Waals surface area contributed by atoms with Gasteiger partial charge in [0.05, 0.1) is 10.7 Å². The molecule has 0 saturated carbocycles. The van der Waals surface area contributed by atoms with E-state index < -0.39 is 5.63 Å². The van der Waals surface area contributed by atoms with Crippen molar-refractivity contribution in [3.8, 4) is 5.75 Å². The number of carbonyl (C=O) groups excluding carboxylic acids is 1. The number of hydrogen-bond acceptors (Lipinski definition) is 4. The second-order valence-electron chi connectivity index (χ2n) is 6.11. The van der Waals surface area contributed by atoms with Crippen molar-refractivity contribution < 1.29 is 13.9 Å². The zero-order valence-corrected chi connectivity index (χ0v) is 15.1. The molecule has 0 aliphatic heterocycles. The third-order valence-corrected chi connectivity index (χ3v) is 4.53. The van der Waals surface area contributed by atoms with E-state index >= 15 is 0 Å². The van der Waals surface area contributed by atoms with E-state index in [1.54, 1.807) is 19.2 Å². The monoisotopic (exact) mass is 382 g/mol.